The van der Waals surface area contributed by atoms with E-state index in [2.05, 4.69) is 10.3 Å². The van der Waals surface area contributed by atoms with Crippen molar-refractivity contribution in [1.29, 1.82) is 0 Å². The van der Waals surface area contributed by atoms with E-state index < -0.39 is 5.97 Å². The van der Waals surface area contributed by atoms with E-state index in [1.165, 1.54) is 0 Å². The van der Waals surface area contributed by atoms with Gasteiger partial charge < -0.3 is 15.0 Å². The van der Waals surface area contributed by atoms with E-state index in [4.69, 9.17) is 5.11 Å². The first-order chi connectivity index (χ1) is 15.0. The van der Waals surface area contributed by atoms with Crippen LogP contribution in [0.5, 0.6) is 0 Å². The molecule has 6 heteroatoms. The van der Waals surface area contributed by atoms with Crippen LogP contribution in [0.2, 0.25) is 0 Å². The number of nitrogens with one attached hydrogen (secondary N) is 1. The Morgan fingerprint density at radius 1 is 1.00 bits per heavy atom. The highest BCUT2D eigenvalue weighted by Crippen LogP contribution is 2.20. The van der Waals surface area contributed by atoms with Crippen LogP contribution in [-0.4, -0.2) is 26.5 Å². The first kappa shape index (κ1) is 20.3. The van der Waals surface area contributed by atoms with Gasteiger partial charge in [-0.2, -0.15) is 0 Å². The van der Waals surface area contributed by atoms with Crippen molar-refractivity contribution in [3.63, 3.8) is 0 Å². The van der Waals surface area contributed by atoms with Gasteiger partial charge in [0.25, 0.3) is 5.91 Å². The lowest BCUT2D eigenvalue weighted by Crippen LogP contribution is -2.28. The Balaban J connectivity index is 1.51. The molecule has 6 nitrogen and oxygen atoms in total. The van der Waals surface area contributed by atoms with Crippen molar-refractivity contribution in [1.82, 2.24) is 14.9 Å². The van der Waals surface area contributed by atoms with Crippen LogP contribution in [0.3, 0.4) is 0 Å². The summed E-state index contributed by atoms with van der Waals surface area (Å²) in [5.41, 5.74) is 4.53. The van der Waals surface area contributed by atoms with Crippen LogP contribution < -0.4 is 5.32 Å². The summed E-state index contributed by atoms with van der Waals surface area (Å²) in [7, 11) is 0. The van der Waals surface area contributed by atoms with Gasteiger partial charge in [-0.05, 0) is 47.9 Å². The molecule has 1 atom stereocenters. The molecule has 0 bridgehead atoms. The summed E-state index contributed by atoms with van der Waals surface area (Å²) in [5.74, 6) is -1.07. The number of carboxylic acid groups (broad SMARTS) is 1. The van der Waals surface area contributed by atoms with Crippen LogP contribution in [0.15, 0.2) is 79.1 Å². The van der Waals surface area contributed by atoms with Gasteiger partial charge in [0.2, 0.25) is 0 Å². The fourth-order valence-corrected chi connectivity index (χ4v) is 3.63. The van der Waals surface area contributed by atoms with Gasteiger partial charge in [0.1, 0.15) is 0 Å². The number of hydrogen-bond donors (Lipinski definition) is 2. The number of carbonyl (C=O) groups is 2. The number of hydrogen-bond acceptors (Lipinski definition) is 3. The number of nitrogens with zero attached hydrogens (tertiary/aromatic N) is 2. The van der Waals surface area contributed by atoms with E-state index in [9.17, 15) is 9.59 Å². The maximum Gasteiger partial charge on any atom is 0.335 e. The lowest BCUT2D eigenvalue weighted by atomic mass is 10.0. The molecule has 3 aromatic carbocycles. The SMILES string of the molecule is CC[C@@H](NC(=O)c1ccc2c(c1)ncn2Cc1ccc(C(=O)O)cc1)c1ccccc1. The molecule has 4 aromatic rings. The summed E-state index contributed by atoms with van der Waals surface area (Å²) in [6.45, 7) is 2.61. The first-order valence-corrected chi connectivity index (χ1v) is 10.2. The lowest BCUT2D eigenvalue weighted by molar-refractivity contribution is 0.0696. The normalized spacial score (nSPS) is 11.9. The number of carboxylic acids is 1. The third-order valence-electron chi connectivity index (χ3n) is 5.35. The van der Waals surface area contributed by atoms with Crippen LogP contribution in [0.25, 0.3) is 11.0 Å². The van der Waals surface area contributed by atoms with Gasteiger partial charge in [0, 0.05) is 12.1 Å². The van der Waals surface area contributed by atoms with Crippen molar-refractivity contribution in [2.24, 2.45) is 0 Å². The number of amides is 1. The van der Waals surface area contributed by atoms with Gasteiger partial charge in [0.05, 0.1) is 29.0 Å². The summed E-state index contributed by atoms with van der Waals surface area (Å²) in [5, 5.41) is 12.1. The Hall–Kier alpha value is -3.93. The molecule has 0 aliphatic carbocycles. The second kappa shape index (κ2) is 8.83. The predicted octanol–water partition coefficient (Wildman–Crippen LogP) is 4.66. The largest absolute Gasteiger partial charge is 0.478 e. The van der Waals surface area contributed by atoms with Crippen LogP contribution in [0.4, 0.5) is 0 Å². The summed E-state index contributed by atoms with van der Waals surface area (Å²) in [6.07, 6.45) is 2.53. The smallest absolute Gasteiger partial charge is 0.335 e. The summed E-state index contributed by atoms with van der Waals surface area (Å²) in [6, 6.07) is 22.2. The second-order valence-electron chi connectivity index (χ2n) is 7.42. The maximum atomic E-state index is 12.8. The molecule has 0 radical (unpaired) electrons. The van der Waals surface area contributed by atoms with E-state index >= 15 is 0 Å². The molecule has 31 heavy (non-hydrogen) atoms. The molecule has 4 rings (SSSR count). The maximum absolute atomic E-state index is 12.8. The van der Waals surface area contributed by atoms with Gasteiger partial charge in [-0.15, -0.1) is 0 Å². The topological polar surface area (TPSA) is 84.2 Å². The molecule has 2 N–H and O–H groups in total. The molecule has 0 aliphatic heterocycles. The van der Waals surface area contributed by atoms with Crippen molar-refractivity contribution in [3.05, 3.63) is 101 Å². The van der Waals surface area contributed by atoms with Crippen molar-refractivity contribution in [2.75, 3.05) is 0 Å². The summed E-state index contributed by atoms with van der Waals surface area (Å²) < 4.78 is 1.98. The monoisotopic (exact) mass is 413 g/mol. The molecule has 0 fully saturated rings. The number of imidazole rings is 1. The molecule has 156 valence electrons. The van der Waals surface area contributed by atoms with E-state index in [0.717, 1.165) is 28.6 Å². The minimum atomic E-state index is -0.942. The Morgan fingerprint density at radius 3 is 2.39 bits per heavy atom. The van der Waals surface area contributed by atoms with Crippen LogP contribution in [-0.2, 0) is 6.54 Å². The van der Waals surface area contributed by atoms with Crippen molar-refractivity contribution in [2.45, 2.75) is 25.9 Å². The van der Waals surface area contributed by atoms with Crippen LogP contribution >= 0.6 is 0 Å². The average molecular weight is 413 g/mol. The Kier molecular flexibility index (Phi) is 5.80. The molecule has 0 aliphatic rings. The lowest BCUT2D eigenvalue weighted by Gasteiger charge is -2.17. The molecular weight excluding hydrogens is 390 g/mol. The van der Waals surface area contributed by atoms with Crippen molar-refractivity contribution >= 4 is 22.9 Å². The van der Waals surface area contributed by atoms with Gasteiger partial charge in [-0.25, -0.2) is 9.78 Å². The molecule has 0 spiro atoms. The van der Waals surface area contributed by atoms with Crippen LogP contribution in [0.1, 0.15) is 51.2 Å². The van der Waals surface area contributed by atoms with E-state index in [0.29, 0.717) is 12.1 Å². The number of aromatic nitrogens is 2. The quantitative estimate of drug-likeness (QED) is 0.461. The van der Waals surface area contributed by atoms with Gasteiger partial charge in [-0.1, -0.05) is 49.4 Å². The standard InChI is InChI=1S/C25H23N3O3/c1-2-21(18-6-4-3-5-7-18)27-24(29)20-12-13-23-22(14-20)26-16-28(23)15-17-8-10-19(11-9-17)25(30)31/h3-14,16,21H,2,15H2,1H3,(H,27,29)(H,30,31)/t21-/m1/s1. The van der Waals surface area contributed by atoms with Gasteiger partial charge in [0.15, 0.2) is 0 Å². The molecule has 0 saturated carbocycles. The third-order valence-corrected chi connectivity index (χ3v) is 5.35. The molecular formula is C25H23N3O3. The minimum absolute atomic E-state index is 0.0456. The highest BCUT2D eigenvalue weighted by molar-refractivity contribution is 5.97. The van der Waals surface area contributed by atoms with Gasteiger partial charge in [-0.3, -0.25) is 4.79 Å². The van der Waals surface area contributed by atoms with Gasteiger partial charge >= 0.3 is 5.97 Å². The van der Waals surface area contributed by atoms with E-state index in [1.54, 1.807) is 42.7 Å². The molecule has 1 heterocycles. The third kappa shape index (κ3) is 4.48. The Morgan fingerprint density at radius 2 is 1.71 bits per heavy atom. The van der Waals surface area contributed by atoms with E-state index in [-0.39, 0.29) is 17.5 Å². The highest BCUT2D eigenvalue weighted by atomic mass is 16.4. The zero-order valence-electron chi connectivity index (χ0n) is 17.2. The Bertz CT molecular complexity index is 1210. The Labute approximate surface area is 180 Å². The summed E-state index contributed by atoms with van der Waals surface area (Å²) in [4.78, 5) is 28.3. The van der Waals surface area contributed by atoms with E-state index in [1.807, 2.05) is 47.9 Å². The zero-order valence-corrected chi connectivity index (χ0v) is 17.2. The molecule has 1 aromatic heterocycles. The number of benzene rings is 3. The molecule has 0 saturated heterocycles. The number of fused-ring (bicyclic) bond motifs is 1. The van der Waals surface area contributed by atoms with Crippen LogP contribution in [0, 0.1) is 0 Å². The highest BCUT2D eigenvalue weighted by Gasteiger charge is 2.15. The first-order valence-electron chi connectivity index (χ1n) is 10.2. The fraction of sp³-hybridized carbons (Fsp3) is 0.160. The average Bonchev–Trinajstić information content (AvgIpc) is 3.20. The van der Waals surface area contributed by atoms with Crippen molar-refractivity contribution in [3.8, 4) is 0 Å². The number of carbonyl (C=O) groups excluding carboxylic acids is 1. The number of rotatable bonds is 7. The summed E-state index contributed by atoms with van der Waals surface area (Å²) >= 11 is 0. The number of aromatic carboxylic acids is 1. The fourth-order valence-electron chi connectivity index (χ4n) is 3.63. The predicted molar refractivity (Wildman–Crippen MR) is 119 cm³/mol. The molecule has 1 amide bonds. The zero-order chi connectivity index (χ0) is 21.8. The molecule has 0 unspecified atom stereocenters. The van der Waals surface area contributed by atoms with Crippen molar-refractivity contribution < 1.29 is 14.7 Å². The second-order valence-corrected chi connectivity index (χ2v) is 7.42. The minimum Gasteiger partial charge on any atom is -0.478 e.